The first kappa shape index (κ1) is 14.6. The van der Waals surface area contributed by atoms with Crippen molar-refractivity contribution < 1.29 is 14.3 Å². The molecule has 1 aromatic carbocycles. The molecule has 0 N–H and O–H groups in total. The summed E-state index contributed by atoms with van der Waals surface area (Å²) in [7, 11) is 1.31. The van der Waals surface area contributed by atoms with E-state index in [2.05, 4.69) is 4.98 Å². The van der Waals surface area contributed by atoms with E-state index in [9.17, 15) is 9.59 Å². The fourth-order valence-corrected chi connectivity index (χ4v) is 2.67. The molecule has 4 nitrogen and oxygen atoms in total. The molecule has 0 bridgehead atoms. The second-order valence-corrected chi connectivity index (χ2v) is 5.22. The summed E-state index contributed by atoms with van der Waals surface area (Å²) in [5.74, 6) is -0.470. The van der Waals surface area contributed by atoms with Crippen LogP contribution in [0.15, 0.2) is 46.5 Å². The van der Waals surface area contributed by atoms with Gasteiger partial charge in [0.25, 0.3) is 0 Å². The quantitative estimate of drug-likeness (QED) is 0.639. The van der Waals surface area contributed by atoms with E-state index in [1.54, 1.807) is 36.5 Å². The lowest BCUT2D eigenvalue weighted by molar-refractivity contribution is 0.0595. The molecular formula is C14H10ClNO3S. The molecule has 102 valence electrons. The Morgan fingerprint density at radius 1 is 1.40 bits per heavy atom. The summed E-state index contributed by atoms with van der Waals surface area (Å²) in [6, 6.07) is 8.23. The number of methoxy groups -OCH3 is 1. The summed E-state index contributed by atoms with van der Waals surface area (Å²) in [5.41, 5.74) is 0.802. The van der Waals surface area contributed by atoms with Crippen molar-refractivity contribution in [3.8, 4) is 0 Å². The minimum absolute atomic E-state index is 0.354. The van der Waals surface area contributed by atoms with Crippen LogP contribution < -0.4 is 0 Å². The normalized spacial score (nSPS) is 10.1. The molecule has 0 saturated carbocycles. The summed E-state index contributed by atoms with van der Waals surface area (Å²) < 4.78 is 4.71. The molecule has 0 aliphatic heterocycles. The first-order valence-electron chi connectivity index (χ1n) is 5.61. The summed E-state index contributed by atoms with van der Waals surface area (Å²) in [4.78, 5) is 27.6. The highest BCUT2D eigenvalue weighted by molar-refractivity contribution is 7.99. The highest BCUT2D eigenvalue weighted by Gasteiger charge is 2.15. The Labute approximate surface area is 125 Å². The minimum atomic E-state index is -0.470. The average Bonchev–Trinajstić information content (AvgIpc) is 2.48. The summed E-state index contributed by atoms with van der Waals surface area (Å²) in [6.07, 6.45) is 2.29. The fraction of sp³-hybridized carbons (Fsp3) is 0.0714. The lowest BCUT2D eigenvalue weighted by Crippen LogP contribution is -2.04. The molecule has 0 unspecified atom stereocenters. The number of benzene rings is 1. The van der Waals surface area contributed by atoms with Gasteiger partial charge in [-0.25, -0.2) is 9.78 Å². The van der Waals surface area contributed by atoms with E-state index in [4.69, 9.17) is 16.3 Å². The van der Waals surface area contributed by atoms with Gasteiger partial charge in [0.1, 0.15) is 5.03 Å². The van der Waals surface area contributed by atoms with Gasteiger partial charge in [-0.2, -0.15) is 0 Å². The van der Waals surface area contributed by atoms with Crippen LogP contribution in [-0.4, -0.2) is 24.3 Å². The zero-order valence-electron chi connectivity index (χ0n) is 10.5. The molecule has 0 fully saturated rings. The van der Waals surface area contributed by atoms with Crippen LogP contribution in [0.2, 0.25) is 5.02 Å². The van der Waals surface area contributed by atoms with Crippen molar-refractivity contribution in [3.05, 3.63) is 52.7 Å². The van der Waals surface area contributed by atoms with Crippen LogP contribution in [0, 0.1) is 0 Å². The molecule has 0 amide bonds. The highest BCUT2D eigenvalue weighted by Crippen LogP contribution is 2.32. The van der Waals surface area contributed by atoms with E-state index >= 15 is 0 Å². The van der Waals surface area contributed by atoms with Crippen LogP contribution in [0.1, 0.15) is 20.7 Å². The summed E-state index contributed by atoms with van der Waals surface area (Å²) in [6.45, 7) is 0. The lowest BCUT2D eigenvalue weighted by Gasteiger charge is -2.08. The Balaban J connectivity index is 2.40. The van der Waals surface area contributed by atoms with Crippen molar-refractivity contribution in [2.24, 2.45) is 0 Å². The third-order valence-electron chi connectivity index (χ3n) is 2.48. The zero-order valence-corrected chi connectivity index (χ0v) is 12.1. The number of carbonyl (C=O) groups excluding carboxylic acids is 2. The number of ether oxygens (including phenoxy) is 1. The molecule has 1 aromatic heterocycles. The van der Waals surface area contributed by atoms with E-state index in [1.165, 1.54) is 18.9 Å². The molecule has 0 spiro atoms. The van der Waals surface area contributed by atoms with Crippen LogP contribution in [0.5, 0.6) is 0 Å². The van der Waals surface area contributed by atoms with E-state index in [-0.39, 0.29) is 0 Å². The zero-order chi connectivity index (χ0) is 14.5. The van der Waals surface area contributed by atoms with E-state index in [1.807, 2.05) is 0 Å². The number of rotatable bonds is 4. The number of aromatic nitrogens is 1. The number of esters is 1. The van der Waals surface area contributed by atoms with Crippen LogP contribution >= 0.6 is 23.4 Å². The van der Waals surface area contributed by atoms with Crippen molar-refractivity contribution in [1.29, 1.82) is 0 Å². The first-order chi connectivity index (χ1) is 9.65. The predicted molar refractivity (Wildman–Crippen MR) is 76.5 cm³/mol. The molecule has 0 saturated heterocycles. The van der Waals surface area contributed by atoms with Gasteiger partial charge >= 0.3 is 5.97 Å². The van der Waals surface area contributed by atoms with Crippen molar-refractivity contribution >= 4 is 35.6 Å². The van der Waals surface area contributed by atoms with Crippen LogP contribution in [-0.2, 0) is 4.74 Å². The molecule has 6 heteroatoms. The standard InChI is InChI=1S/C14H10ClNO3S/c1-19-14(18)11-3-2-6-16-13(11)20-12-5-4-10(15)7-9(12)8-17/h2-8H,1H3. The number of hydrogen-bond donors (Lipinski definition) is 0. The third kappa shape index (κ3) is 3.18. The Hall–Kier alpha value is -1.85. The van der Waals surface area contributed by atoms with Gasteiger partial charge in [-0.1, -0.05) is 23.4 Å². The molecule has 0 aliphatic rings. The largest absolute Gasteiger partial charge is 0.465 e. The number of halogens is 1. The number of pyridine rings is 1. The van der Waals surface area contributed by atoms with E-state index in [0.717, 1.165) is 6.29 Å². The van der Waals surface area contributed by atoms with E-state index in [0.29, 0.717) is 26.1 Å². The number of carbonyl (C=O) groups is 2. The lowest BCUT2D eigenvalue weighted by atomic mass is 10.2. The topological polar surface area (TPSA) is 56.3 Å². The van der Waals surface area contributed by atoms with Gasteiger partial charge in [-0.15, -0.1) is 0 Å². The van der Waals surface area contributed by atoms with Crippen molar-refractivity contribution in [3.63, 3.8) is 0 Å². The van der Waals surface area contributed by atoms with Crippen molar-refractivity contribution in [2.45, 2.75) is 9.92 Å². The number of hydrogen-bond acceptors (Lipinski definition) is 5. The molecule has 2 rings (SSSR count). The van der Waals surface area contributed by atoms with Gasteiger partial charge in [-0.05, 0) is 30.3 Å². The van der Waals surface area contributed by atoms with Crippen LogP contribution in [0.25, 0.3) is 0 Å². The Kier molecular flexibility index (Phi) is 4.76. The maximum atomic E-state index is 11.7. The first-order valence-corrected chi connectivity index (χ1v) is 6.81. The molecule has 0 aliphatic carbocycles. The smallest absolute Gasteiger partial charge is 0.340 e. The summed E-state index contributed by atoms with van der Waals surface area (Å²) >= 11 is 7.06. The van der Waals surface area contributed by atoms with E-state index < -0.39 is 5.97 Å². The van der Waals surface area contributed by atoms with Gasteiger partial charge < -0.3 is 4.74 Å². The molecule has 2 aromatic rings. The highest BCUT2D eigenvalue weighted by atomic mass is 35.5. The van der Waals surface area contributed by atoms with Gasteiger partial charge in [0, 0.05) is 21.7 Å². The number of aldehydes is 1. The Morgan fingerprint density at radius 2 is 2.20 bits per heavy atom. The molecule has 0 radical (unpaired) electrons. The molecule has 1 heterocycles. The average molecular weight is 308 g/mol. The van der Waals surface area contributed by atoms with Gasteiger partial charge in [0.15, 0.2) is 6.29 Å². The second kappa shape index (κ2) is 6.54. The molecular weight excluding hydrogens is 298 g/mol. The molecule has 20 heavy (non-hydrogen) atoms. The second-order valence-electron chi connectivity index (χ2n) is 3.75. The maximum Gasteiger partial charge on any atom is 0.340 e. The van der Waals surface area contributed by atoms with Crippen molar-refractivity contribution in [1.82, 2.24) is 4.98 Å². The fourth-order valence-electron chi connectivity index (χ4n) is 1.55. The third-order valence-corrected chi connectivity index (χ3v) is 3.83. The SMILES string of the molecule is COC(=O)c1cccnc1Sc1ccc(Cl)cc1C=O. The maximum absolute atomic E-state index is 11.7. The van der Waals surface area contributed by atoms with Crippen LogP contribution in [0.4, 0.5) is 0 Å². The Bertz CT molecular complexity index is 661. The van der Waals surface area contributed by atoms with Gasteiger partial charge in [0.2, 0.25) is 0 Å². The van der Waals surface area contributed by atoms with Crippen LogP contribution in [0.3, 0.4) is 0 Å². The Morgan fingerprint density at radius 3 is 2.90 bits per heavy atom. The predicted octanol–water partition coefficient (Wildman–Crippen LogP) is 3.49. The van der Waals surface area contributed by atoms with Crippen molar-refractivity contribution in [2.75, 3.05) is 7.11 Å². The molecule has 0 atom stereocenters. The van der Waals surface area contributed by atoms with Gasteiger partial charge in [-0.3, -0.25) is 4.79 Å². The summed E-state index contributed by atoms with van der Waals surface area (Å²) in [5, 5.41) is 0.954. The monoisotopic (exact) mass is 307 g/mol. The minimum Gasteiger partial charge on any atom is -0.465 e. The number of nitrogens with zero attached hydrogens (tertiary/aromatic N) is 1. The van der Waals surface area contributed by atoms with Gasteiger partial charge in [0.05, 0.1) is 12.7 Å².